The van der Waals surface area contributed by atoms with Crippen LogP contribution >= 0.6 is 23.2 Å². The van der Waals surface area contributed by atoms with Crippen molar-refractivity contribution in [3.63, 3.8) is 0 Å². The standard InChI is InChI=1S/C16H12Cl2N4O2/c1-8-5-23-16(24-8)15(7-20)12(14(15,6-19)13(21)22-16)9-2-3-10(17)11(18)4-9/h2-4,8,12H,5H2,1H3,(H2,21,22). The molecule has 0 amide bonds. The molecule has 0 radical (unpaired) electrons. The molecule has 122 valence electrons. The molecule has 8 heteroatoms. The number of amidine groups is 1. The van der Waals surface area contributed by atoms with Gasteiger partial charge in [0.1, 0.15) is 11.3 Å². The van der Waals surface area contributed by atoms with E-state index in [0.717, 1.165) is 0 Å². The van der Waals surface area contributed by atoms with E-state index in [1.54, 1.807) is 18.2 Å². The van der Waals surface area contributed by atoms with Crippen LogP contribution in [0.2, 0.25) is 10.0 Å². The molecule has 1 spiro atoms. The Hall–Kier alpha value is -1.83. The number of hydrogen-bond donors (Lipinski definition) is 1. The van der Waals surface area contributed by atoms with Gasteiger partial charge in [-0.15, -0.1) is 0 Å². The first-order valence-corrected chi connectivity index (χ1v) is 8.09. The molecule has 2 fully saturated rings. The summed E-state index contributed by atoms with van der Waals surface area (Å²) >= 11 is 12.1. The van der Waals surface area contributed by atoms with Gasteiger partial charge in [-0.2, -0.15) is 10.5 Å². The third-order valence-electron chi connectivity index (χ3n) is 5.08. The van der Waals surface area contributed by atoms with E-state index in [9.17, 15) is 10.5 Å². The molecule has 24 heavy (non-hydrogen) atoms. The van der Waals surface area contributed by atoms with E-state index in [2.05, 4.69) is 17.1 Å². The fraction of sp³-hybridized carbons (Fsp3) is 0.438. The Morgan fingerprint density at radius 1 is 1.29 bits per heavy atom. The van der Waals surface area contributed by atoms with Gasteiger partial charge >= 0.3 is 0 Å². The van der Waals surface area contributed by atoms with Crippen molar-refractivity contribution < 1.29 is 9.47 Å². The highest BCUT2D eigenvalue weighted by Crippen LogP contribution is 2.82. The third kappa shape index (κ3) is 1.46. The first kappa shape index (κ1) is 15.7. The second-order valence-electron chi connectivity index (χ2n) is 6.26. The summed E-state index contributed by atoms with van der Waals surface area (Å²) < 4.78 is 11.6. The first-order chi connectivity index (χ1) is 11.4. The number of halogens is 2. The highest BCUT2D eigenvalue weighted by atomic mass is 35.5. The summed E-state index contributed by atoms with van der Waals surface area (Å²) in [6, 6.07) is 9.42. The van der Waals surface area contributed by atoms with Gasteiger partial charge in [0.25, 0.3) is 5.91 Å². The molecule has 1 aromatic carbocycles. The summed E-state index contributed by atoms with van der Waals surface area (Å²) in [7, 11) is 0. The van der Waals surface area contributed by atoms with Gasteiger partial charge < -0.3 is 15.2 Å². The number of nitrogens with two attached hydrogens (primary N) is 1. The quantitative estimate of drug-likeness (QED) is 0.826. The Balaban J connectivity index is 1.92. The van der Waals surface area contributed by atoms with Crippen molar-refractivity contribution in [2.24, 2.45) is 21.6 Å². The summed E-state index contributed by atoms with van der Waals surface area (Å²) in [5, 5.41) is 20.6. The Morgan fingerprint density at radius 2 is 2.04 bits per heavy atom. The van der Waals surface area contributed by atoms with E-state index in [0.29, 0.717) is 15.6 Å². The molecular formula is C16H12Cl2N4O2. The molecule has 4 rings (SSSR count). The lowest BCUT2D eigenvalue weighted by molar-refractivity contribution is -0.193. The summed E-state index contributed by atoms with van der Waals surface area (Å²) in [5.41, 5.74) is 4.11. The maximum absolute atomic E-state index is 10.00. The zero-order chi connectivity index (χ0) is 17.3. The van der Waals surface area contributed by atoms with Crippen LogP contribution < -0.4 is 5.73 Å². The minimum atomic E-state index is -1.56. The van der Waals surface area contributed by atoms with Crippen LogP contribution in [0.4, 0.5) is 0 Å². The van der Waals surface area contributed by atoms with E-state index >= 15 is 0 Å². The summed E-state index contributed by atoms with van der Waals surface area (Å²) in [6.07, 6.45) is -0.253. The molecule has 5 atom stereocenters. The van der Waals surface area contributed by atoms with Gasteiger partial charge in [-0.05, 0) is 24.6 Å². The Labute approximate surface area is 148 Å². The van der Waals surface area contributed by atoms with Gasteiger partial charge in [0.05, 0.1) is 34.9 Å². The van der Waals surface area contributed by atoms with Crippen LogP contribution in [0.25, 0.3) is 0 Å². The fourth-order valence-electron chi connectivity index (χ4n) is 4.05. The second-order valence-corrected chi connectivity index (χ2v) is 7.08. The topological polar surface area (TPSA) is 104 Å². The number of ether oxygens (including phenoxy) is 2. The van der Waals surface area contributed by atoms with E-state index in [-0.39, 0.29) is 18.5 Å². The Kier molecular flexibility index (Phi) is 3.02. The normalized spacial score (nSPS) is 42.3. The van der Waals surface area contributed by atoms with Crippen LogP contribution in [-0.2, 0) is 9.47 Å². The van der Waals surface area contributed by atoms with Gasteiger partial charge in [0, 0.05) is 5.92 Å². The van der Waals surface area contributed by atoms with Gasteiger partial charge in [0.15, 0.2) is 5.41 Å². The van der Waals surface area contributed by atoms with Crippen LogP contribution in [0, 0.1) is 33.5 Å². The fourth-order valence-corrected chi connectivity index (χ4v) is 4.36. The molecular weight excluding hydrogens is 351 g/mol. The van der Waals surface area contributed by atoms with Crippen molar-refractivity contribution in [2.75, 3.05) is 6.61 Å². The number of fused-ring (bicyclic) bond motifs is 2. The molecule has 1 saturated heterocycles. The van der Waals surface area contributed by atoms with Crippen LogP contribution in [0.1, 0.15) is 18.4 Å². The molecule has 1 saturated carbocycles. The predicted molar refractivity (Wildman–Crippen MR) is 86.1 cm³/mol. The van der Waals surface area contributed by atoms with E-state index in [1.807, 2.05) is 6.92 Å². The lowest BCUT2D eigenvalue weighted by atomic mass is 9.94. The van der Waals surface area contributed by atoms with Crippen LogP contribution in [0.5, 0.6) is 0 Å². The van der Waals surface area contributed by atoms with Crippen molar-refractivity contribution in [2.45, 2.75) is 24.9 Å². The van der Waals surface area contributed by atoms with Crippen molar-refractivity contribution in [1.29, 1.82) is 10.5 Å². The highest BCUT2D eigenvalue weighted by molar-refractivity contribution is 6.42. The molecule has 1 aromatic rings. The minimum Gasteiger partial charge on any atom is -0.386 e. The zero-order valence-electron chi connectivity index (χ0n) is 12.6. The number of aliphatic imine (C=N–C) groups is 1. The van der Waals surface area contributed by atoms with Crippen molar-refractivity contribution >= 4 is 29.0 Å². The van der Waals surface area contributed by atoms with Gasteiger partial charge in [-0.1, -0.05) is 29.3 Å². The maximum atomic E-state index is 10.00. The highest BCUT2D eigenvalue weighted by Gasteiger charge is 2.94. The molecule has 3 aliphatic rings. The van der Waals surface area contributed by atoms with Crippen LogP contribution in [-0.4, -0.2) is 24.5 Å². The summed E-state index contributed by atoms with van der Waals surface area (Å²) in [6.45, 7) is 2.09. The molecule has 2 heterocycles. The smallest absolute Gasteiger partial charge is 0.293 e. The number of benzene rings is 1. The number of nitrogens with zero attached hydrogens (tertiary/aromatic N) is 3. The van der Waals surface area contributed by atoms with Gasteiger partial charge in [-0.3, -0.25) is 0 Å². The SMILES string of the molecule is CC1COC2(N=C(N)C3(C#N)C(c4ccc(Cl)c(Cl)c4)C23C#N)O1. The van der Waals surface area contributed by atoms with E-state index < -0.39 is 22.7 Å². The molecule has 2 N–H and O–H groups in total. The maximum Gasteiger partial charge on any atom is 0.293 e. The summed E-state index contributed by atoms with van der Waals surface area (Å²) in [4.78, 5) is 4.25. The molecule has 0 aromatic heterocycles. The van der Waals surface area contributed by atoms with Crippen molar-refractivity contribution in [3.05, 3.63) is 33.8 Å². The zero-order valence-corrected chi connectivity index (χ0v) is 14.1. The number of nitriles is 2. The van der Waals surface area contributed by atoms with E-state index in [1.165, 1.54) is 0 Å². The Bertz CT molecular complexity index is 876. The largest absolute Gasteiger partial charge is 0.386 e. The van der Waals surface area contributed by atoms with E-state index in [4.69, 9.17) is 38.4 Å². The Morgan fingerprint density at radius 3 is 2.58 bits per heavy atom. The molecule has 0 bridgehead atoms. The number of hydrogen-bond acceptors (Lipinski definition) is 6. The molecule has 6 nitrogen and oxygen atoms in total. The molecule has 2 aliphatic heterocycles. The number of rotatable bonds is 1. The van der Waals surface area contributed by atoms with Gasteiger partial charge in [-0.25, -0.2) is 4.99 Å². The van der Waals surface area contributed by atoms with Crippen LogP contribution in [0.15, 0.2) is 23.2 Å². The average Bonchev–Trinajstić information content (AvgIpc) is 2.95. The monoisotopic (exact) mass is 362 g/mol. The molecule has 5 unspecified atom stereocenters. The predicted octanol–water partition coefficient (Wildman–Crippen LogP) is 2.57. The lowest BCUT2D eigenvalue weighted by Gasteiger charge is -2.26. The summed E-state index contributed by atoms with van der Waals surface area (Å²) in [5.74, 6) is -2.06. The van der Waals surface area contributed by atoms with Gasteiger partial charge in [0.2, 0.25) is 0 Å². The average molecular weight is 363 g/mol. The molecule has 1 aliphatic carbocycles. The third-order valence-corrected chi connectivity index (χ3v) is 5.82. The second kappa shape index (κ2) is 4.62. The van der Waals surface area contributed by atoms with Crippen molar-refractivity contribution in [1.82, 2.24) is 0 Å². The first-order valence-electron chi connectivity index (χ1n) is 7.33. The minimum absolute atomic E-state index is 0.0525. The van der Waals surface area contributed by atoms with Crippen LogP contribution in [0.3, 0.4) is 0 Å². The lowest BCUT2D eigenvalue weighted by Crippen LogP contribution is -2.39. The van der Waals surface area contributed by atoms with Crippen molar-refractivity contribution in [3.8, 4) is 12.1 Å².